The first kappa shape index (κ1) is 20.5. The maximum absolute atomic E-state index is 4.93. The van der Waals surface area contributed by atoms with Crippen LogP contribution in [0.25, 0.3) is 0 Å². The van der Waals surface area contributed by atoms with Gasteiger partial charge in [-0.15, -0.1) is 0 Å². The van der Waals surface area contributed by atoms with Crippen LogP contribution in [-0.2, 0) is 20.8 Å². The summed E-state index contributed by atoms with van der Waals surface area (Å²) in [7, 11) is 9.87. The fourth-order valence-corrected chi connectivity index (χ4v) is 3.41. The first-order chi connectivity index (χ1) is 9.28. The Bertz CT molecular complexity index is 146. The molecular weight excluding hydrogens is 354 g/mol. The van der Waals surface area contributed by atoms with Gasteiger partial charge in [-0.2, -0.15) is 0 Å². The average molecular weight is 387 g/mol. The van der Waals surface area contributed by atoms with Crippen molar-refractivity contribution in [2.75, 3.05) is 0 Å². The van der Waals surface area contributed by atoms with Crippen LogP contribution in [0.5, 0.6) is 0 Å². The van der Waals surface area contributed by atoms with Crippen LogP contribution in [0.1, 0.15) is 90.9 Å². The molecule has 0 heterocycles. The summed E-state index contributed by atoms with van der Waals surface area (Å²) < 4.78 is 0. The van der Waals surface area contributed by atoms with Gasteiger partial charge in [-0.3, -0.25) is 0 Å². The zero-order chi connectivity index (χ0) is 14.3. The zero-order valence-electron chi connectivity index (χ0n) is 12.9. The van der Waals surface area contributed by atoms with E-state index in [2.05, 4.69) is 13.8 Å². The molecule has 114 valence electrons. The monoisotopic (exact) mass is 384 g/mol. The van der Waals surface area contributed by atoms with Crippen LogP contribution in [-0.4, -0.2) is 0 Å². The van der Waals surface area contributed by atoms with E-state index in [0.29, 0.717) is 0 Å². The summed E-state index contributed by atoms with van der Waals surface area (Å²) in [6, 6.07) is 0. The van der Waals surface area contributed by atoms with E-state index >= 15 is 0 Å². The molecule has 0 N–H and O–H groups in total. The SMILES string of the molecule is CCCC1CCCC1.CCCC1CCCC1.[Cl][Zr][Cl]. The molecule has 19 heavy (non-hydrogen) atoms. The van der Waals surface area contributed by atoms with E-state index in [1.807, 2.05) is 0 Å². The Labute approximate surface area is 140 Å². The van der Waals surface area contributed by atoms with Crippen LogP contribution in [0.4, 0.5) is 0 Å². The molecule has 2 aliphatic carbocycles. The average Bonchev–Trinajstić information content (AvgIpc) is 3.05. The fourth-order valence-electron chi connectivity index (χ4n) is 3.41. The first-order valence-corrected chi connectivity index (χ1v) is 14.6. The molecule has 0 spiro atoms. The Kier molecular flexibility index (Phi) is 17.1. The molecular formula is C16H32Cl2Zr. The van der Waals surface area contributed by atoms with Crippen molar-refractivity contribution in [2.24, 2.45) is 11.8 Å². The van der Waals surface area contributed by atoms with Crippen LogP contribution in [0.15, 0.2) is 0 Å². The molecule has 2 fully saturated rings. The second-order valence-corrected chi connectivity index (χ2v) is 9.68. The third-order valence-corrected chi connectivity index (χ3v) is 4.34. The van der Waals surface area contributed by atoms with E-state index in [9.17, 15) is 0 Å². The first-order valence-electron chi connectivity index (χ1n) is 8.24. The second-order valence-electron chi connectivity index (χ2n) is 5.95. The van der Waals surface area contributed by atoms with Gasteiger partial charge in [0.1, 0.15) is 0 Å². The minimum absolute atomic E-state index is 0.826. The summed E-state index contributed by atoms with van der Waals surface area (Å²) in [4.78, 5) is 0. The summed E-state index contributed by atoms with van der Waals surface area (Å²) in [5.74, 6) is 2.22. The van der Waals surface area contributed by atoms with E-state index in [4.69, 9.17) is 17.0 Å². The Hall–Kier alpha value is 1.46. The standard InChI is InChI=1S/2C8H16.2ClH.Zr/c2*1-2-5-8-6-3-4-7-8;;;/h2*8H,2-7H2,1H3;2*1H;/q;;;;+2/p-2. The third-order valence-electron chi connectivity index (χ3n) is 4.34. The van der Waals surface area contributed by atoms with E-state index in [0.717, 1.165) is 11.8 Å². The van der Waals surface area contributed by atoms with Crippen molar-refractivity contribution in [3.63, 3.8) is 0 Å². The topological polar surface area (TPSA) is 0 Å². The van der Waals surface area contributed by atoms with Crippen molar-refractivity contribution < 1.29 is 20.8 Å². The van der Waals surface area contributed by atoms with Crippen molar-refractivity contribution >= 4 is 17.0 Å². The van der Waals surface area contributed by atoms with Crippen LogP contribution in [0.3, 0.4) is 0 Å². The van der Waals surface area contributed by atoms with E-state index < -0.39 is 20.8 Å². The van der Waals surface area contributed by atoms with Gasteiger partial charge in [0.15, 0.2) is 0 Å². The molecule has 0 aliphatic heterocycles. The Balaban J connectivity index is 0.000000284. The number of rotatable bonds is 4. The van der Waals surface area contributed by atoms with Gasteiger partial charge >= 0.3 is 37.9 Å². The summed E-state index contributed by atoms with van der Waals surface area (Å²) >= 11 is -0.826. The quantitative estimate of drug-likeness (QED) is 0.474. The normalized spacial score (nSPS) is 19.4. The zero-order valence-corrected chi connectivity index (χ0v) is 16.9. The van der Waals surface area contributed by atoms with Gasteiger partial charge in [0.05, 0.1) is 0 Å². The van der Waals surface area contributed by atoms with Crippen LogP contribution in [0.2, 0.25) is 0 Å². The van der Waals surface area contributed by atoms with Crippen molar-refractivity contribution in [3.8, 4) is 0 Å². The van der Waals surface area contributed by atoms with Crippen molar-refractivity contribution in [1.29, 1.82) is 0 Å². The summed E-state index contributed by atoms with van der Waals surface area (Å²) in [5, 5.41) is 0. The predicted molar refractivity (Wildman–Crippen MR) is 85.4 cm³/mol. The predicted octanol–water partition coefficient (Wildman–Crippen LogP) is 7.33. The second kappa shape index (κ2) is 15.8. The molecule has 0 unspecified atom stereocenters. The Morgan fingerprint density at radius 1 is 0.737 bits per heavy atom. The molecule has 2 aliphatic rings. The molecule has 3 heteroatoms. The van der Waals surface area contributed by atoms with Crippen molar-refractivity contribution in [2.45, 2.75) is 90.9 Å². The minimum atomic E-state index is -0.826. The van der Waals surface area contributed by atoms with Crippen LogP contribution >= 0.6 is 17.0 Å². The van der Waals surface area contributed by atoms with Crippen molar-refractivity contribution in [3.05, 3.63) is 0 Å². The summed E-state index contributed by atoms with van der Waals surface area (Å²) in [5.41, 5.74) is 0. The van der Waals surface area contributed by atoms with Gasteiger partial charge < -0.3 is 0 Å². The third kappa shape index (κ3) is 12.9. The van der Waals surface area contributed by atoms with Crippen LogP contribution < -0.4 is 0 Å². The van der Waals surface area contributed by atoms with Crippen LogP contribution in [0, 0.1) is 11.8 Å². The number of hydrogen-bond acceptors (Lipinski definition) is 0. The molecule has 0 aromatic carbocycles. The van der Waals surface area contributed by atoms with Gasteiger partial charge in [0.25, 0.3) is 0 Å². The van der Waals surface area contributed by atoms with E-state index in [-0.39, 0.29) is 0 Å². The molecule has 0 aromatic rings. The van der Waals surface area contributed by atoms with Crippen molar-refractivity contribution in [1.82, 2.24) is 0 Å². The molecule has 0 saturated heterocycles. The van der Waals surface area contributed by atoms with Gasteiger partial charge in [-0.05, 0) is 11.8 Å². The summed E-state index contributed by atoms with van der Waals surface area (Å²) in [6.07, 6.45) is 17.9. The molecule has 0 amide bonds. The van der Waals surface area contributed by atoms with Gasteiger partial charge in [-0.25, -0.2) is 0 Å². The fraction of sp³-hybridized carbons (Fsp3) is 1.00. The van der Waals surface area contributed by atoms with E-state index in [1.54, 1.807) is 0 Å². The maximum atomic E-state index is 4.93. The molecule has 0 atom stereocenters. The summed E-state index contributed by atoms with van der Waals surface area (Å²) in [6.45, 7) is 4.58. The van der Waals surface area contributed by atoms with Gasteiger partial charge in [-0.1, -0.05) is 90.9 Å². The molecule has 2 saturated carbocycles. The molecule has 0 bridgehead atoms. The van der Waals surface area contributed by atoms with E-state index in [1.165, 1.54) is 77.0 Å². The molecule has 0 nitrogen and oxygen atoms in total. The number of hydrogen-bond donors (Lipinski definition) is 0. The van der Waals surface area contributed by atoms with Gasteiger partial charge in [0, 0.05) is 0 Å². The Morgan fingerprint density at radius 3 is 1.21 bits per heavy atom. The number of halogens is 2. The molecule has 0 aromatic heterocycles. The Morgan fingerprint density at radius 2 is 1.00 bits per heavy atom. The van der Waals surface area contributed by atoms with Gasteiger partial charge in [0.2, 0.25) is 0 Å². The molecule has 0 radical (unpaired) electrons. The molecule has 2 rings (SSSR count).